The van der Waals surface area contributed by atoms with Crippen LogP contribution in [0.5, 0.6) is 5.75 Å². The maximum Gasteiger partial charge on any atom is 0.306 e. The van der Waals surface area contributed by atoms with E-state index in [1.54, 1.807) is 4.90 Å². The zero-order valence-electron chi connectivity index (χ0n) is 13.9. The van der Waals surface area contributed by atoms with E-state index >= 15 is 0 Å². The van der Waals surface area contributed by atoms with Gasteiger partial charge in [-0.2, -0.15) is 0 Å². The van der Waals surface area contributed by atoms with Gasteiger partial charge in [-0.25, -0.2) is 0 Å². The largest absolute Gasteiger partial charge is 0.484 e. The number of rotatable bonds is 5. The van der Waals surface area contributed by atoms with Crippen LogP contribution in [0.15, 0.2) is 54.6 Å². The molecule has 3 rings (SSSR count). The molecule has 1 saturated heterocycles. The maximum absolute atomic E-state index is 12.2. The third-order valence-electron chi connectivity index (χ3n) is 4.52. The summed E-state index contributed by atoms with van der Waals surface area (Å²) in [7, 11) is 0. The van der Waals surface area contributed by atoms with Crippen molar-refractivity contribution in [3.63, 3.8) is 0 Å². The average Bonchev–Trinajstić information content (AvgIpc) is 2.67. The first kappa shape index (κ1) is 17.0. The number of hydrogen-bond acceptors (Lipinski definition) is 3. The molecule has 1 aliphatic heterocycles. The summed E-state index contributed by atoms with van der Waals surface area (Å²) in [6, 6.07) is 17.7. The molecule has 5 heteroatoms. The molecule has 1 N–H and O–H groups in total. The summed E-state index contributed by atoms with van der Waals surface area (Å²) in [5, 5.41) is 8.99. The number of amides is 1. The number of benzene rings is 2. The third-order valence-corrected chi connectivity index (χ3v) is 4.52. The highest BCUT2D eigenvalue weighted by atomic mass is 16.5. The molecule has 0 bridgehead atoms. The fourth-order valence-corrected chi connectivity index (χ4v) is 2.99. The molecule has 2 aromatic carbocycles. The fourth-order valence-electron chi connectivity index (χ4n) is 2.99. The second-order valence-corrected chi connectivity index (χ2v) is 6.17. The zero-order chi connectivity index (χ0) is 17.6. The molecule has 1 amide bonds. The van der Waals surface area contributed by atoms with Gasteiger partial charge in [0, 0.05) is 13.1 Å². The number of carboxylic acid groups (broad SMARTS) is 1. The molecule has 1 heterocycles. The first-order valence-electron chi connectivity index (χ1n) is 8.42. The number of carbonyl (C=O) groups is 2. The molecule has 0 radical (unpaired) electrons. The number of piperidine rings is 1. The number of carboxylic acids is 1. The van der Waals surface area contributed by atoms with Crippen LogP contribution < -0.4 is 4.74 Å². The van der Waals surface area contributed by atoms with E-state index in [0.29, 0.717) is 31.7 Å². The van der Waals surface area contributed by atoms with Crippen LogP contribution in [-0.2, 0) is 9.59 Å². The average molecular weight is 339 g/mol. The fraction of sp³-hybridized carbons (Fsp3) is 0.300. The van der Waals surface area contributed by atoms with Crippen LogP contribution in [0.3, 0.4) is 0 Å². The van der Waals surface area contributed by atoms with Gasteiger partial charge in [-0.05, 0) is 36.1 Å². The Morgan fingerprint density at radius 2 is 1.56 bits per heavy atom. The van der Waals surface area contributed by atoms with Crippen molar-refractivity contribution in [2.24, 2.45) is 5.92 Å². The van der Waals surface area contributed by atoms with Crippen LogP contribution in [0, 0.1) is 5.92 Å². The molecule has 1 fully saturated rings. The molecule has 0 aliphatic carbocycles. The minimum absolute atomic E-state index is 0.0254. The van der Waals surface area contributed by atoms with E-state index < -0.39 is 5.97 Å². The number of likely N-dealkylation sites (tertiary alicyclic amines) is 1. The number of carbonyl (C=O) groups excluding carboxylic acids is 1. The third kappa shape index (κ3) is 4.38. The predicted molar refractivity (Wildman–Crippen MR) is 94.3 cm³/mol. The maximum atomic E-state index is 12.2. The Kier molecular flexibility index (Phi) is 5.33. The van der Waals surface area contributed by atoms with Crippen molar-refractivity contribution < 1.29 is 19.4 Å². The van der Waals surface area contributed by atoms with Crippen LogP contribution >= 0.6 is 0 Å². The minimum atomic E-state index is -0.776. The van der Waals surface area contributed by atoms with Gasteiger partial charge in [0.15, 0.2) is 6.61 Å². The molecule has 5 nitrogen and oxygen atoms in total. The Labute approximate surface area is 146 Å². The Bertz CT molecular complexity index is 719. The standard InChI is InChI=1S/C20H21NO4/c22-19(21-12-10-17(11-13-21)20(23)24)14-25-18-8-6-16(7-9-18)15-4-2-1-3-5-15/h1-9,17H,10-14H2,(H,23,24). The molecule has 25 heavy (non-hydrogen) atoms. The topological polar surface area (TPSA) is 66.8 Å². The molecular formula is C20H21NO4. The lowest BCUT2D eigenvalue weighted by Gasteiger charge is -2.30. The first-order valence-corrected chi connectivity index (χ1v) is 8.42. The van der Waals surface area contributed by atoms with Crippen molar-refractivity contribution >= 4 is 11.9 Å². The van der Waals surface area contributed by atoms with Crippen molar-refractivity contribution in [1.82, 2.24) is 4.90 Å². The highest BCUT2D eigenvalue weighted by molar-refractivity contribution is 5.78. The van der Waals surface area contributed by atoms with E-state index in [4.69, 9.17) is 9.84 Å². The summed E-state index contributed by atoms with van der Waals surface area (Å²) in [4.78, 5) is 24.8. The van der Waals surface area contributed by atoms with E-state index in [-0.39, 0.29) is 18.4 Å². The summed E-state index contributed by atoms with van der Waals surface area (Å²) in [6.07, 6.45) is 1.01. The lowest BCUT2D eigenvalue weighted by Crippen LogP contribution is -2.42. The van der Waals surface area contributed by atoms with Crippen molar-refractivity contribution in [3.8, 4) is 16.9 Å². The Morgan fingerprint density at radius 3 is 2.16 bits per heavy atom. The lowest BCUT2D eigenvalue weighted by atomic mass is 9.97. The highest BCUT2D eigenvalue weighted by Gasteiger charge is 2.26. The van der Waals surface area contributed by atoms with Gasteiger partial charge in [0.25, 0.3) is 5.91 Å². The van der Waals surface area contributed by atoms with Crippen molar-refractivity contribution in [1.29, 1.82) is 0 Å². The van der Waals surface area contributed by atoms with Gasteiger partial charge in [0.05, 0.1) is 5.92 Å². The Balaban J connectivity index is 1.50. The van der Waals surface area contributed by atoms with Gasteiger partial charge in [-0.1, -0.05) is 42.5 Å². The second kappa shape index (κ2) is 7.83. The molecular weight excluding hydrogens is 318 g/mol. The van der Waals surface area contributed by atoms with Crippen LogP contribution in [0.4, 0.5) is 0 Å². The van der Waals surface area contributed by atoms with Gasteiger partial charge in [-0.15, -0.1) is 0 Å². The summed E-state index contributed by atoms with van der Waals surface area (Å²) in [5.74, 6) is -0.568. The van der Waals surface area contributed by atoms with E-state index in [1.165, 1.54) is 0 Å². The lowest BCUT2D eigenvalue weighted by molar-refractivity contribution is -0.146. The van der Waals surface area contributed by atoms with Crippen molar-refractivity contribution in [3.05, 3.63) is 54.6 Å². The van der Waals surface area contributed by atoms with Gasteiger partial charge >= 0.3 is 5.97 Å². The van der Waals surface area contributed by atoms with E-state index in [1.807, 2.05) is 54.6 Å². The van der Waals surface area contributed by atoms with Crippen molar-refractivity contribution in [2.45, 2.75) is 12.8 Å². The number of nitrogens with zero attached hydrogens (tertiary/aromatic N) is 1. The predicted octanol–water partition coefficient (Wildman–Crippen LogP) is 3.06. The molecule has 0 unspecified atom stereocenters. The van der Waals surface area contributed by atoms with E-state index in [9.17, 15) is 9.59 Å². The molecule has 0 spiro atoms. The zero-order valence-corrected chi connectivity index (χ0v) is 13.9. The summed E-state index contributed by atoms with van der Waals surface area (Å²) in [5.41, 5.74) is 2.22. The molecule has 0 saturated carbocycles. The monoisotopic (exact) mass is 339 g/mol. The number of ether oxygens (including phenoxy) is 1. The SMILES string of the molecule is O=C(O)C1CCN(C(=O)COc2ccc(-c3ccccc3)cc2)CC1. The molecule has 1 aliphatic rings. The van der Waals surface area contributed by atoms with Gasteiger partial charge in [0.1, 0.15) is 5.75 Å². The number of hydrogen-bond donors (Lipinski definition) is 1. The first-order chi connectivity index (χ1) is 12.1. The van der Waals surface area contributed by atoms with E-state index in [0.717, 1.165) is 11.1 Å². The van der Waals surface area contributed by atoms with Crippen molar-refractivity contribution in [2.75, 3.05) is 19.7 Å². The van der Waals surface area contributed by atoms with Gasteiger partial charge in [0.2, 0.25) is 0 Å². The molecule has 0 aromatic heterocycles. The number of aliphatic carboxylic acids is 1. The van der Waals surface area contributed by atoms with Crippen LogP contribution in [-0.4, -0.2) is 41.6 Å². The van der Waals surface area contributed by atoms with Gasteiger partial charge < -0.3 is 14.7 Å². The smallest absolute Gasteiger partial charge is 0.306 e. The Hall–Kier alpha value is -2.82. The van der Waals surface area contributed by atoms with Crippen LogP contribution in [0.1, 0.15) is 12.8 Å². The Morgan fingerprint density at radius 1 is 0.960 bits per heavy atom. The van der Waals surface area contributed by atoms with E-state index in [2.05, 4.69) is 0 Å². The van der Waals surface area contributed by atoms with Gasteiger partial charge in [-0.3, -0.25) is 9.59 Å². The minimum Gasteiger partial charge on any atom is -0.484 e. The normalized spacial score (nSPS) is 15.0. The quantitative estimate of drug-likeness (QED) is 0.909. The summed E-state index contributed by atoms with van der Waals surface area (Å²) < 4.78 is 5.58. The second-order valence-electron chi connectivity index (χ2n) is 6.17. The molecule has 2 aromatic rings. The molecule has 0 atom stereocenters. The van der Waals surface area contributed by atoms with Crippen LogP contribution in [0.25, 0.3) is 11.1 Å². The summed E-state index contributed by atoms with van der Waals surface area (Å²) in [6.45, 7) is 0.931. The molecule has 130 valence electrons. The van der Waals surface area contributed by atoms with Crippen LogP contribution in [0.2, 0.25) is 0 Å². The summed E-state index contributed by atoms with van der Waals surface area (Å²) >= 11 is 0. The highest BCUT2D eigenvalue weighted by Crippen LogP contribution is 2.22.